The van der Waals surface area contributed by atoms with E-state index in [4.69, 9.17) is 9.84 Å². The van der Waals surface area contributed by atoms with Crippen molar-refractivity contribution < 1.29 is 14.9 Å². The van der Waals surface area contributed by atoms with Crippen molar-refractivity contribution in [1.29, 1.82) is 0 Å². The molecule has 19 heavy (non-hydrogen) atoms. The molecule has 0 aliphatic heterocycles. The quantitative estimate of drug-likeness (QED) is 0.703. The van der Waals surface area contributed by atoms with Gasteiger partial charge in [0.2, 0.25) is 0 Å². The second-order valence-electron chi connectivity index (χ2n) is 5.12. The maximum atomic E-state index is 10.3. The highest BCUT2D eigenvalue weighted by Gasteiger charge is 2.16. The maximum absolute atomic E-state index is 10.3. The van der Waals surface area contributed by atoms with Crippen LogP contribution in [-0.4, -0.2) is 36.5 Å². The summed E-state index contributed by atoms with van der Waals surface area (Å²) in [5.74, 6) is 0.856. The Labute approximate surface area is 115 Å². The van der Waals surface area contributed by atoms with Gasteiger partial charge in [0.1, 0.15) is 5.75 Å². The summed E-state index contributed by atoms with van der Waals surface area (Å²) < 4.78 is 5.27. The van der Waals surface area contributed by atoms with E-state index in [1.54, 1.807) is 7.11 Å². The summed E-state index contributed by atoms with van der Waals surface area (Å²) in [6.07, 6.45) is -0.622. The third-order valence-electron chi connectivity index (χ3n) is 3.52. The first-order valence-electron chi connectivity index (χ1n) is 6.66. The Kier molecular flexibility index (Phi) is 6.28. The van der Waals surface area contributed by atoms with Gasteiger partial charge in [-0.25, -0.2) is 0 Å². The van der Waals surface area contributed by atoms with Gasteiger partial charge in [-0.1, -0.05) is 18.6 Å². The zero-order chi connectivity index (χ0) is 14.4. The van der Waals surface area contributed by atoms with E-state index in [9.17, 15) is 5.11 Å². The molecule has 0 aliphatic rings. The van der Waals surface area contributed by atoms with E-state index in [0.717, 1.165) is 11.1 Å². The van der Waals surface area contributed by atoms with E-state index >= 15 is 0 Å². The summed E-state index contributed by atoms with van der Waals surface area (Å²) in [7, 11) is 1.60. The number of nitrogens with one attached hydrogen (secondary N) is 1. The second-order valence-corrected chi connectivity index (χ2v) is 5.12. The van der Waals surface area contributed by atoms with Crippen LogP contribution in [0.25, 0.3) is 0 Å². The lowest BCUT2D eigenvalue weighted by atomic mass is 10.0. The molecule has 0 amide bonds. The Balaban J connectivity index is 2.67. The molecule has 0 saturated carbocycles. The van der Waals surface area contributed by atoms with E-state index in [1.165, 1.54) is 0 Å². The van der Waals surface area contributed by atoms with Gasteiger partial charge in [-0.3, -0.25) is 0 Å². The fourth-order valence-corrected chi connectivity index (χ4v) is 1.88. The number of benzene rings is 1. The Hall–Kier alpha value is -1.10. The average molecular weight is 267 g/mol. The number of hydrogen-bond donors (Lipinski definition) is 3. The van der Waals surface area contributed by atoms with E-state index in [1.807, 2.05) is 39.0 Å². The van der Waals surface area contributed by atoms with Gasteiger partial charge in [-0.2, -0.15) is 0 Å². The number of methoxy groups -OCH3 is 1. The Bertz CT molecular complexity index is 395. The minimum atomic E-state index is -0.622. The summed E-state index contributed by atoms with van der Waals surface area (Å²) in [6, 6.07) is 5.91. The fraction of sp³-hybridized carbons (Fsp3) is 0.600. The summed E-state index contributed by atoms with van der Waals surface area (Å²) in [4.78, 5) is 0. The van der Waals surface area contributed by atoms with Crippen molar-refractivity contribution in [3.8, 4) is 5.75 Å². The number of ether oxygens (including phenoxy) is 1. The summed E-state index contributed by atoms with van der Waals surface area (Å²) in [6.45, 7) is 6.53. The van der Waals surface area contributed by atoms with Crippen molar-refractivity contribution in [1.82, 2.24) is 5.32 Å². The van der Waals surface area contributed by atoms with Crippen LogP contribution in [0.3, 0.4) is 0 Å². The van der Waals surface area contributed by atoms with E-state index in [-0.39, 0.29) is 18.6 Å². The largest absolute Gasteiger partial charge is 0.496 e. The zero-order valence-corrected chi connectivity index (χ0v) is 12.2. The van der Waals surface area contributed by atoms with Gasteiger partial charge < -0.3 is 20.3 Å². The van der Waals surface area contributed by atoms with Gasteiger partial charge >= 0.3 is 0 Å². The number of aliphatic hydroxyl groups is 2. The smallest absolute Gasteiger partial charge is 0.124 e. The average Bonchev–Trinajstić information content (AvgIpc) is 2.43. The monoisotopic (exact) mass is 267 g/mol. The third-order valence-corrected chi connectivity index (χ3v) is 3.52. The molecule has 108 valence electrons. The van der Waals surface area contributed by atoms with Crippen molar-refractivity contribution in [3.05, 3.63) is 29.3 Å². The van der Waals surface area contributed by atoms with Crippen molar-refractivity contribution in [2.75, 3.05) is 20.3 Å². The number of hydrogen-bond acceptors (Lipinski definition) is 4. The highest BCUT2D eigenvalue weighted by Crippen LogP contribution is 2.26. The number of rotatable bonds is 7. The predicted molar refractivity (Wildman–Crippen MR) is 76.4 cm³/mol. The molecule has 1 rings (SSSR count). The van der Waals surface area contributed by atoms with Crippen LogP contribution in [0, 0.1) is 12.8 Å². The highest BCUT2D eigenvalue weighted by atomic mass is 16.5. The van der Waals surface area contributed by atoms with Gasteiger partial charge in [0, 0.05) is 24.8 Å². The maximum Gasteiger partial charge on any atom is 0.124 e. The zero-order valence-electron chi connectivity index (χ0n) is 12.2. The van der Waals surface area contributed by atoms with Gasteiger partial charge in [-0.15, -0.1) is 0 Å². The molecule has 3 atom stereocenters. The molecule has 0 heterocycles. The molecule has 0 aliphatic carbocycles. The second kappa shape index (κ2) is 7.48. The first-order chi connectivity index (χ1) is 8.99. The molecule has 0 aromatic heterocycles. The molecule has 4 nitrogen and oxygen atoms in total. The van der Waals surface area contributed by atoms with E-state index in [2.05, 4.69) is 5.32 Å². The number of aryl methyl sites for hydroxylation is 1. The van der Waals surface area contributed by atoms with Crippen LogP contribution in [0.2, 0.25) is 0 Å². The van der Waals surface area contributed by atoms with Crippen LogP contribution in [-0.2, 0) is 0 Å². The number of aliphatic hydroxyl groups excluding tert-OH is 2. The van der Waals surface area contributed by atoms with Gasteiger partial charge in [0.25, 0.3) is 0 Å². The lowest BCUT2D eigenvalue weighted by molar-refractivity contribution is 0.152. The lowest BCUT2D eigenvalue weighted by Crippen LogP contribution is -2.36. The Morgan fingerprint density at radius 2 is 2.00 bits per heavy atom. The summed E-state index contributed by atoms with van der Waals surface area (Å²) in [5.41, 5.74) is 1.88. The molecule has 4 heteroatoms. The molecule has 3 N–H and O–H groups in total. The normalized spacial score (nSPS) is 15.9. The van der Waals surface area contributed by atoms with Crippen LogP contribution in [0.5, 0.6) is 5.75 Å². The SMILES string of the molecule is COc1ccc(C)cc1C(O)CNC(C)C(C)CO. The third kappa shape index (κ3) is 4.49. The molecule has 3 unspecified atom stereocenters. The Morgan fingerprint density at radius 3 is 2.58 bits per heavy atom. The van der Waals surface area contributed by atoms with Crippen LogP contribution < -0.4 is 10.1 Å². The molecule has 0 fully saturated rings. The summed E-state index contributed by atoms with van der Waals surface area (Å²) >= 11 is 0. The molecule has 0 radical (unpaired) electrons. The van der Waals surface area contributed by atoms with Crippen molar-refractivity contribution in [3.63, 3.8) is 0 Å². The molecule has 0 spiro atoms. The molecule has 0 bridgehead atoms. The molecule has 1 aromatic rings. The van der Waals surface area contributed by atoms with Crippen molar-refractivity contribution in [2.24, 2.45) is 5.92 Å². The first kappa shape index (κ1) is 16.0. The van der Waals surface area contributed by atoms with Crippen LogP contribution in [0.1, 0.15) is 31.1 Å². The van der Waals surface area contributed by atoms with Crippen LogP contribution >= 0.6 is 0 Å². The molecular weight excluding hydrogens is 242 g/mol. The highest BCUT2D eigenvalue weighted by molar-refractivity contribution is 5.38. The topological polar surface area (TPSA) is 61.7 Å². The minimum Gasteiger partial charge on any atom is -0.496 e. The minimum absolute atomic E-state index is 0.137. The van der Waals surface area contributed by atoms with Crippen LogP contribution in [0.15, 0.2) is 18.2 Å². The predicted octanol–water partition coefficient (Wildman–Crippen LogP) is 1.64. The van der Waals surface area contributed by atoms with E-state index in [0.29, 0.717) is 12.3 Å². The molecule has 1 aromatic carbocycles. The Morgan fingerprint density at radius 1 is 1.32 bits per heavy atom. The van der Waals surface area contributed by atoms with Crippen molar-refractivity contribution >= 4 is 0 Å². The van der Waals surface area contributed by atoms with Crippen molar-refractivity contribution in [2.45, 2.75) is 32.9 Å². The van der Waals surface area contributed by atoms with Crippen LogP contribution in [0.4, 0.5) is 0 Å². The molecular formula is C15H25NO3. The fourth-order valence-electron chi connectivity index (χ4n) is 1.88. The lowest BCUT2D eigenvalue weighted by Gasteiger charge is -2.22. The van der Waals surface area contributed by atoms with E-state index < -0.39 is 6.10 Å². The standard InChI is InChI=1S/C15H25NO3/c1-10-5-6-15(19-4)13(7-10)14(18)8-16-12(3)11(2)9-17/h5-7,11-12,14,16-18H,8-9H2,1-4H3. The summed E-state index contributed by atoms with van der Waals surface area (Å²) in [5, 5.41) is 22.6. The molecule has 0 saturated heterocycles. The van der Waals surface area contributed by atoms with Gasteiger partial charge in [0.05, 0.1) is 13.2 Å². The van der Waals surface area contributed by atoms with Gasteiger partial charge in [-0.05, 0) is 31.9 Å². The first-order valence-corrected chi connectivity index (χ1v) is 6.66. The van der Waals surface area contributed by atoms with Gasteiger partial charge in [0.15, 0.2) is 0 Å².